The first-order valence-corrected chi connectivity index (χ1v) is 3.85. The van der Waals surface area contributed by atoms with Crippen LogP contribution in [0.1, 0.15) is 11.1 Å². The van der Waals surface area contributed by atoms with E-state index < -0.39 is 5.82 Å². The van der Waals surface area contributed by atoms with Gasteiger partial charge in [-0.25, -0.2) is 4.39 Å². The van der Waals surface area contributed by atoms with Crippen molar-refractivity contribution >= 4 is 11.6 Å². The summed E-state index contributed by atoms with van der Waals surface area (Å²) in [6.07, 6.45) is 0.0613. The molecule has 0 spiro atoms. The smallest absolute Gasteiger partial charge is 0.146 e. The topological polar surface area (TPSA) is 23.8 Å². The van der Waals surface area contributed by atoms with Gasteiger partial charge >= 0.3 is 0 Å². The van der Waals surface area contributed by atoms with Crippen LogP contribution in [0.3, 0.4) is 0 Å². The number of nitriles is 1. The van der Waals surface area contributed by atoms with Crippen LogP contribution in [-0.2, 0) is 6.42 Å². The molecule has 0 aliphatic carbocycles. The van der Waals surface area contributed by atoms with Crippen molar-refractivity contribution in [3.8, 4) is 6.07 Å². The molecule has 3 heteroatoms. The van der Waals surface area contributed by atoms with Crippen LogP contribution >= 0.6 is 11.6 Å². The summed E-state index contributed by atoms with van der Waals surface area (Å²) in [5, 5.41) is 8.46. The minimum atomic E-state index is -0.474. The lowest BCUT2D eigenvalue weighted by Crippen LogP contribution is -1.91. The second-order valence-corrected chi connectivity index (χ2v) is 2.88. The van der Waals surface area contributed by atoms with Gasteiger partial charge in [-0.1, -0.05) is 23.7 Å². The Bertz CT molecular complexity index is 341. The van der Waals surface area contributed by atoms with Crippen LogP contribution in [0.5, 0.6) is 0 Å². The van der Waals surface area contributed by atoms with Crippen molar-refractivity contribution in [2.75, 3.05) is 0 Å². The third kappa shape index (κ3) is 1.57. The highest BCUT2D eigenvalue weighted by Crippen LogP contribution is 2.22. The highest BCUT2D eigenvalue weighted by Gasteiger charge is 2.07. The standard InChI is InChI=1S/C9H7ClFN/c1-6-2-3-7(4-5-12)9(11)8(6)10/h2-3H,4H2,1H3. The van der Waals surface area contributed by atoms with Crippen LogP contribution in [-0.4, -0.2) is 0 Å². The third-order valence-corrected chi connectivity index (χ3v) is 2.09. The van der Waals surface area contributed by atoms with Crippen LogP contribution in [0.15, 0.2) is 12.1 Å². The lowest BCUT2D eigenvalue weighted by Gasteiger charge is -2.02. The maximum Gasteiger partial charge on any atom is 0.146 e. The molecule has 0 aromatic heterocycles. The van der Waals surface area contributed by atoms with Gasteiger partial charge < -0.3 is 0 Å². The van der Waals surface area contributed by atoms with Crippen LogP contribution < -0.4 is 0 Å². The maximum absolute atomic E-state index is 13.2. The first-order valence-electron chi connectivity index (χ1n) is 3.47. The molecule has 0 N–H and O–H groups in total. The Kier molecular flexibility index (Phi) is 2.67. The molecule has 62 valence electrons. The highest BCUT2D eigenvalue weighted by molar-refractivity contribution is 6.31. The lowest BCUT2D eigenvalue weighted by atomic mass is 10.1. The van der Waals surface area contributed by atoms with Crippen molar-refractivity contribution in [3.63, 3.8) is 0 Å². The Morgan fingerprint density at radius 1 is 1.58 bits per heavy atom. The van der Waals surface area contributed by atoms with Crippen LogP contribution in [0.25, 0.3) is 0 Å². The summed E-state index contributed by atoms with van der Waals surface area (Å²) >= 11 is 5.63. The molecule has 1 aromatic rings. The van der Waals surface area contributed by atoms with Gasteiger partial charge in [0.05, 0.1) is 17.5 Å². The maximum atomic E-state index is 13.2. The molecular formula is C9H7ClFN. The van der Waals surface area contributed by atoms with E-state index in [-0.39, 0.29) is 11.4 Å². The Morgan fingerprint density at radius 2 is 2.25 bits per heavy atom. The molecule has 1 nitrogen and oxygen atoms in total. The third-order valence-electron chi connectivity index (χ3n) is 1.62. The highest BCUT2D eigenvalue weighted by atomic mass is 35.5. The van der Waals surface area contributed by atoms with E-state index in [1.165, 1.54) is 0 Å². The Hall–Kier alpha value is -1.07. The quantitative estimate of drug-likeness (QED) is 0.657. The van der Waals surface area contributed by atoms with E-state index >= 15 is 0 Å². The number of aryl methyl sites for hydroxylation is 1. The molecule has 0 aliphatic heterocycles. The first-order chi connectivity index (χ1) is 5.66. The molecule has 1 rings (SSSR count). The predicted molar refractivity (Wildman–Crippen MR) is 45.5 cm³/mol. The SMILES string of the molecule is Cc1ccc(CC#N)c(F)c1Cl. The monoisotopic (exact) mass is 183 g/mol. The van der Waals surface area contributed by atoms with Gasteiger partial charge in [0, 0.05) is 5.56 Å². The van der Waals surface area contributed by atoms with Gasteiger partial charge in [0.1, 0.15) is 5.82 Å². The molecule has 0 atom stereocenters. The van der Waals surface area contributed by atoms with Crippen molar-refractivity contribution in [2.24, 2.45) is 0 Å². The number of benzene rings is 1. The zero-order valence-electron chi connectivity index (χ0n) is 6.56. The largest absolute Gasteiger partial charge is 0.205 e. The zero-order valence-corrected chi connectivity index (χ0v) is 7.32. The van der Waals surface area contributed by atoms with E-state index in [2.05, 4.69) is 0 Å². The van der Waals surface area contributed by atoms with E-state index in [0.717, 1.165) is 0 Å². The summed E-state index contributed by atoms with van der Waals surface area (Å²) in [5.41, 5.74) is 1.05. The predicted octanol–water partition coefficient (Wildman–Crippen LogP) is 2.85. The van der Waals surface area contributed by atoms with Gasteiger partial charge in [-0.2, -0.15) is 5.26 Å². The molecule has 0 heterocycles. The summed E-state index contributed by atoms with van der Waals surface area (Å²) in [4.78, 5) is 0. The van der Waals surface area contributed by atoms with E-state index in [1.54, 1.807) is 19.1 Å². The van der Waals surface area contributed by atoms with Gasteiger partial charge in [0.2, 0.25) is 0 Å². The minimum absolute atomic E-state index is 0.0613. The molecule has 0 amide bonds. The number of halogens is 2. The Labute approximate surface area is 75.4 Å². The molecule has 0 fully saturated rings. The molecule has 0 saturated carbocycles. The number of nitrogens with zero attached hydrogens (tertiary/aromatic N) is 1. The van der Waals surface area contributed by atoms with Crippen molar-refractivity contribution in [3.05, 3.63) is 34.1 Å². The fourth-order valence-corrected chi connectivity index (χ4v) is 1.09. The molecule has 0 bridgehead atoms. The summed E-state index contributed by atoms with van der Waals surface area (Å²) in [6.45, 7) is 1.72. The summed E-state index contributed by atoms with van der Waals surface area (Å²) in [7, 11) is 0. The summed E-state index contributed by atoms with van der Waals surface area (Å²) in [6, 6.07) is 5.16. The lowest BCUT2D eigenvalue weighted by molar-refractivity contribution is 0.614. The van der Waals surface area contributed by atoms with E-state index in [0.29, 0.717) is 11.1 Å². The number of hydrogen-bond acceptors (Lipinski definition) is 1. The molecule has 0 radical (unpaired) electrons. The summed E-state index contributed by atoms with van der Waals surface area (Å²) in [5.74, 6) is -0.474. The summed E-state index contributed by atoms with van der Waals surface area (Å²) < 4.78 is 13.2. The number of hydrogen-bond donors (Lipinski definition) is 0. The van der Waals surface area contributed by atoms with E-state index in [9.17, 15) is 4.39 Å². The van der Waals surface area contributed by atoms with Crippen molar-refractivity contribution < 1.29 is 4.39 Å². The normalized spacial score (nSPS) is 9.50. The van der Waals surface area contributed by atoms with Crippen molar-refractivity contribution in [1.29, 1.82) is 5.26 Å². The molecule has 12 heavy (non-hydrogen) atoms. The Morgan fingerprint density at radius 3 is 2.83 bits per heavy atom. The van der Waals surface area contributed by atoms with Gasteiger partial charge in [-0.05, 0) is 12.5 Å². The van der Waals surface area contributed by atoms with Crippen LogP contribution in [0, 0.1) is 24.1 Å². The van der Waals surface area contributed by atoms with Gasteiger partial charge in [0.15, 0.2) is 0 Å². The van der Waals surface area contributed by atoms with E-state index in [4.69, 9.17) is 16.9 Å². The zero-order chi connectivity index (χ0) is 9.14. The van der Waals surface area contributed by atoms with Crippen LogP contribution in [0.2, 0.25) is 5.02 Å². The van der Waals surface area contributed by atoms with Crippen molar-refractivity contribution in [2.45, 2.75) is 13.3 Å². The molecular weight excluding hydrogens is 177 g/mol. The first kappa shape index (κ1) is 9.02. The van der Waals surface area contributed by atoms with Gasteiger partial charge in [-0.15, -0.1) is 0 Å². The molecule has 1 aromatic carbocycles. The second-order valence-electron chi connectivity index (χ2n) is 2.50. The fraction of sp³-hybridized carbons (Fsp3) is 0.222. The van der Waals surface area contributed by atoms with Gasteiger partial charge in [0.25, 0.3) is 0 Å². The minimum Gasteiger partial charge on any atom is -0.205 e. The molecule has 0 aliphatic rings. The van der Waals surface area contributed by atoms with Gasteiger partial charge in [-0.3, -0.25) is 0 Å². The molecule has 0 unspecified atom stereocenters. The van der Waals surface area contributed by atoms with E-state index in [1.807, 2.05) is 6.07 Å². The average Bonchev–Trinajstić information content (AvgIpc) is 2.07. The van der Waals surface area contributed by atoms with Crippen molar-refractivity contribution in [1.82, 2.24) is 0 Å². The molecule has 0 saturated heterocycles. The second kappa shape index (κ2) is 3.55. The van der Waals surface area contributed by atoms with Crippen LogP contribution in [0.4, 0.5) is 4.39 Å². The number of rotatable bonds is 1. The average molecular weight is 184 g/mol. The Balaban J connectivity index is 3.19. The fourth-order valence-electron chi connectivity index (χ4n) is 0.908.